The fourth-order valence-corrected chi connectivity index (χ4v) is 4.27. The standard InChI is InChI=1S/C23H19NO5/c1-12(2)24-9-16-15(23(24)25)7-13-4-6-18-22(29-11-27-18)21(13)20(16)14-3-5-17-19(8-14)28-10-26-17/h3-9,12,25H,10-11H2,1-2H3. The largest absolute Gasteiger partial charge is 0.494 e. The Morgan fingerprint density at radius 3 is 2.48 bits per heavy atom. The molecule has 0 saturated carbocycles. The van der Waals surface area contributed by atoms with Crippen LogP contribution in [0.15, 0.2) is 42.6 Å². The van der Waals surface area contributed by atoms with Gasteiger partial charge < -0.3 is 28.6 Å². The minimum atomic E-state index is 0.125. The third kappa shape index (κ3) is 2.23. The molecule has 0 bridgehead atoms. The predicted octanol–water partition coefficient (Wildman–Crippen LogP) is 5.21. The first kappa shape index (κ1) is 16.4. The van der Waals surface area contributed by atoms with Crippen molar-refractivity contribution in [3.63, 3.8) is 0 Å². The molecule has 0 spiro atoms. The van der Waals surface area contributed by atoms with E-state index in [1.165, 1.54) is 0 Å². The van der Waals surface area contributed by atoms with Crippen molar-refractivity contribution in [1.29, 1.82) is 0 Å². The molecule has 3 aromatic carbocycles. The van der Waals surface area contributed by atoms with Gasteiger partial charge in [0, 0.05) is 34.0 Å². The molecule has 2 aliphatic heterocycles. The second-order valence-electron chi connectivity index (χ2n) is 7.63. The average Bonchev–Trinajstić information content (AvgIpc) is 3.44. The second kappa shape index (κ2) is 5.73. The molecule has 2 aliphatic rings. The van der Waals surface area contributed by atoms with Crippen LogP contribution in [0, 0.1) is 0 Å². The zero-order valence-corrected chi connectivity index (χ0v) is 16.1. The maximum absolute atomic E-state index is 10.9. The summed E-state index contributed by atoms with van der Waals surface area (Å²) in [5, 5.41) is 14.6. The number of nitrogens with zero attached hydrogens (tertiary/aromatic N) is 1. The van der Waals surface area contributed by atoms with Crippen LogP contribution in [0.1, 0.15) is 19.9 Å². The molecule has 6 heteroatoms. The number of benzene rings is 3. The normalized spacial score (nSPS) is 14.4. The Labute approximate surface area is 166 Å². The van der Waals surface area contributed by atoms with Crippen molar-refractivity contribution in [2.75, 3.05) is 13.6 Å². The molecule has 6 nitrogen and oxygen atoms in total. The molecule has 4 aromatic rings. The third-order valence-electron chi connectivity index (χ3n) is 5.65. The Morgan fingerprint density at radius 1 is 0.862 bits per heavy atom. The van der Waals surface area contributed by atoms with E-state index < -0.39 is 0 Å². The van der Waals surface area contributed by atoms with E-state index in [1.54, 1.807) is 0 Å². The summed E-state index contributed by atoms with van der Waals surface area (Å²) in [5.74, 6) is 3.17. The molecule has 0 amide bonds. The van der Waals surface area contributed by atoms with Crippen LogP contribution < -0.4 is 18.9 Å². The predicted molar refractivity (Wildman–Crippen MR) is 109 cm³/mol. The quantitative estimate of drug-likeness (QED) is 0.510. The van der Waals surface area contributed by atoms with Crippen LogP contribution in [0.3, 0.4) is 0 Å². The van der Waals surface area contributed by atoms with Crippen molar-refractivity contribution < 1.29 is 24.1 Å². The highest BCUT2D eigenvalue weighted by Crippen LogP contribution is 2.50. The summed E-state index contributed by atoms with van der Waals surface area (Å²) in [4.78, 5) is 0. The third-order valence-corrected chi connectivity index (χ3v) is 5.65. The lowest BCUT2D eigenvalue weighted by Gasteiger charge is -2.12. The summed E-state index contributed by atoms with van der Waals surface area (Å²) in [5.41, 5.74) is 1.95. The van der Waals surface area contributed by atoms with Crippen molar-refractivity contribution >= 4 is 21.5 Å². The number of aromatic nitrogens is 1. The maximum Gasteiger partial charge on any atom is 0.231 e. The lowest BCUT2D eigenvalue weighted by molar-refractivity contribution is 0.174. The monoisotopic (exact) mass is 389 g/mol. The molecule has 1 N–H and O–H groups in total. The minimum Gasteiger partial charge on any atom is -0.494 e. The summed E-state index contributed by atoms with van der Waals surface area (Å²) in [7, 11) is 0. The zero-order chi connectivity index (χ0) is 19.7. The van der Waals surface area contributed by atoms with E-state index in [9.17, 15) is 5.11 Å². The number of rotatable bonds is 2. The molecule has 0 saturated heterocycles. The van der Waals surface area contributed by atoms with Gasteiger partial charge in [-0.3, -0.25) is 0 Å². The van der Waals surface area contributed by atoms with Gasteiger partial charge >= 0.3 is 0 Å². The maximum atomic E-state index is 10.9. The lowest BCUT2D eigenvalue weighted by Crippen LogP contribution is -1.96. The summed E-state index contributed by atoms with van der Waals surface area (Å²) in [6.07, 6.45) is 2.00. The molecular formula is C23H19NO5. The Morgan fingerprint density at radius 2 is 1.62 bits per heavy atom. The van der Waals surface area contributed by atoms with E-state index >= 15 is 0 Å². The number of hydrogen-bond acceptors (Lipinski definition) is 5. The van der Waals surface area contributed by atoms with Gasteiger partial charge in [0.15, 0.2) is 28.9 Å². The smallest absolute Gasteiger partial charge is 0.231 e. The first-order valence-corrected chi connectivity index (χ1v) is 9.60. The number of hydrogen-bond donors (Lipinski definition) is 1. The Balaban J connectivity index is 1.77. The van der Waals surface area contributed by atoms with Crippen molar-refractivity contribution in [3.05, 3.63) is 42.6 Å². The van der Waals surface area contributed by atoms with Crippen LogP contribution in [0.2, 0.25) is 0 Å². The van der Waals surface area contributed by atoms with Gasteiger partial charge in [-0.05, 0) is 49.1 Å². The Kier molecular flexibility index (Phi) is 3.25. The molecule has 146 valence electrons. The molecule has 0 atom stereocenters. The van der Waals surface area contributed by atoms with Gasteiger partial charge in [0.25, 0.3) is 0 Å². The van der Waals surface area contributed by atoms with Gasteiger partial charge in [-0.1, -0.05) is 12.1 Å². The van der Waals surface area contributed by atoms with E-state index in [4.69, 9.17) is 18.9 Å². The molecular weight excluding hydrogens is 370 g/mol. The van der Waals surface area contributed by atoms with Gasteiger partial charge in [0.1, 0.15) is 0 Å². The average molecular weight is 389 g/mol. The van der Waals surface area contributed by atoms with Gasteiger partial charge in [0.05, 0.1) is 0 Å². The van der Waals surface area contributed by atoms with E-state index in [0.29, 0.717) is 5.75 Å². The van der Waals surface area contributed by atoms with E-state index in [0.717, 1.165) is 49.9 Å². The zero-order valence-electron chi connectivity index (χ0n) is 16.1. The highest BCUT2D eigenvalue weighted by atomic mass is 16.7. The van der Waals surface area contributed by atoms with E-state index in [1.807, 2.05) is 61.0 Å². The molecule has 1 aromatic heterocycles. The fraction of sp³-hybridized carbons (Fsp3) is 0.217. The second-order valence-corrected chi connectivity index (χ2v) is 7.63. The summed E-state index contributed by atoms with van der Waals surface area (Å²) < 4.78 is 24.5. The van der Waals surface area contributed by atoms with Gasteiger partial charge in [0.2, 0.25) is 13.6 Å². The molecule has 0 unspecified atom stereocenters. The Hall–Kier alpha value is -3.54. The molecule has 29 heavy (non-hydrogen) atoms. The van der Waals surface area contributed by atoms with Crippen LogP contribution in [0.4, 0.5) is 0 Å². The molecule has 0 aliphatic carbocycles. The first-order chi connectivity index (χ1) is 14.1. The van der Waals surface area contributed by atoms with Crippen molar-refractivity contribution in [2.45, 2.75) is 19.9 Å². The minimum absolute atomic E-state index is 0.125. The van der Waals surface area contributed by atoms with Gasteiger partial charge in [-0.15, -0.1) is 0 Å². The lowest BCUT2D eigenvalue weighted by atomic mass is 9.93. The van der Waals surface area contributed by atoms with Crippen LogP contribution in [-0.2, 0) is 0 Å². The SMILES string of the molecule is CC(C)n1cc2c(-c3ccc4c(c3)OCO4)c3c4c(ccc3cc2c1O)OCO4. The van der Waals surface area contributed by atoms with Crippen LogP contribution in [-0.4, -0.2) is 23.3 Å². The fourth-order valence-electron chi connectivity index (χ4n) is 4.27. The summed E-state index contributed by atoms with van der Waals surface area (Å²) in [6, 6.07) is 12.0. The van der Waals surface area contributed by atoms with Gasteiger partial charge in [-0.25, -0.2) is 0 Å². The summed E-state index contributed by atoms with van der Waals surface area (Å²) in [6.45, 7) is 4.52. The number of aromatic hydroxyl groups is 1. The highest BCUT2D eigenvalue weighted by molar-refractivity contribution is 6.17. The van der Waals surface area contributed by atoms with Crippen LogP contribution >= 0.6 is 0 Å². The van der Waals surface area contributed by atoms with Crippen molar-refractivity contribution in [2.24, 2.45) is 0 Å². The van der Waals surface area contributed by atoms with E-state index in [-0.39, 0.29) is 25.5 Å². The van der Waals surface area contributed by atoms with Crippen molar-refractivity contribution in [1.82, 2.24) is 4.57 Å². The van der Waals surface area contributed by atoms with Crippen LogP contribution in [0.25, 0.3) is 32.7 Å². The molecule has 0 fully saturated rings. The number of fused-ring (bicyclic) bond motifs is 5. The van der Waals surface area contributed by atoms with E-state index in [2.05, 4.69) is 0 Å². The summed E-state index contributed by atoms with van der Waals surface area (Å²) >= 11 is 0. The topological polar surface area (TPSA) is 62.1 Å². The van der Waals surface area contributed by atoms with Crippen LogP contribution in [0.5, 0.6) is 28.9 Å². The number of ether oxygens (including phenoxy) is 4. The van der Waals surface area contributed by atoms with Gasteiger partial charge in [-0.2, -0.15) is 0 Å². The molecule has 3 heterocycles. The molecule has 0 radical (unpaired) electrons. The molecule has 6 rings (SSSR count). The van der Waals surface area contributed by atoms with Crippen molar-refractivity contribution in [3.8, 4) is 40.0 Å². The first-order valence-electron chi connectivity index (χ1n) is 9.60. The highest BCUT2D eigenvalue weighted by Gasteiger charge is 2.25. The Bertz CT molecular complexity index is 1300.